The maximum absolute atomic E-state index is 12.5. The maximum atomic E-state index is 12.5. The second-order valence-electron chi connectivity index (χ2n) is 4.66. The van der Waals surface area contributed by atoms with E-state index in [0.29, 0.717) is 30.0 Å². The van der Waals surface area contributed by atoms with Crippen LogP contribution in [0.2, 0.25) is 0 Å². The highest BCUT2D eigenvalue weighted by molar-refractivity contribution is 5.71. The van der Waals surface area contributed by atoms with Gasteiger partial charge in [0.25, 0.3) is 0 Å². The summed E-state index contributed by atoms with van der Waals surface area (Å²) in [5, 5.41) is 0. The van der Waals surface area contributed by atoms with Gasteiger partial charge in [-0.2, -0.15) is 0 Å². The average Bonchev–Trinajstić information content (AvgIpc) is 2.45. The minimum absolute atomic E-state index is 0.231. The van der Waals surface area contributed by atoms with E-state index in [-0.39, 0.29) is 5.75 Å². The van der Waals surface area contributed by atoms with E-state index in [4.69, 9.17) is 10.5 Å². The zero-order chi connectivity index (χ0) is 16.2. The Balaban J connectivity index is 2.34. The Kier molecular flexibility index (Phi) is 4.92. The van der Waals surface area contributed by atoms with Gasteiger partial charge < -0.3 is 15.2 Å². The lowest BCUT2D eigenvalue weighted by molar-refractivity contribution is -0.274. The van der Waals surface area contributed by atoms with Gasteiger partial charge in [0.05, 0.1) is 0 Å². The first-order valence-electron chi connectivity index (χ1n) is 6.69. The zero-order valence-corrected chi connectivity index (χ0v) is 12.0. The molecule has 6 heteroatoms. The smallest absolute Gasteiger partial charge is 0.492 e. The minimum atomic E-state index is -4.73. The molecule has 0 radical (unpaired) electrons. The molecule has 0 bridgehead atoms. The zero-order valence-electron chi connectivity index (χ0n) is 12.0. The number of benzene rings is 2. The molecule has 3 nitrogen and oxygen atoms in total. The molecule has 0 aliphatic rings. The monoisotopic (exact) mass is 311 g/mol. The number of alkyl halides is 3. The molecule has 0 unspecified atom stereocenters. The Morgan fingerprint density at radius 1 is 1.05 bits per heavy atom. The molecule has 2 N–H and O–H groups in total. The van der Waals surface area contributed by atoms with E-state index in [1.54, 1.807) is 30.3 Å². The summed E-state index contributed by atoms with van der Waals surface area (Å²) in [7, 11) is 0. The van der Waals surface area contributed by atoms with Crippen LogP contribution in [0.1, 0.15) is 5.56 Å². The normalized spacial score (nSPS) is 11.3. The molecule has 0 aromatic heterocycles. The van der Waals surface area contributed by atoms with E-state index in [9.17, 15) is 13.2 Å². The molecule has 2 aromatic rings. The SMILES string of the molecule is Cc1cc(-c2ccccc2OC(F)(F)F)ccc1OCCN. The highest BCUT2D eigenvalue weighted by atomic mass is 19.4. The molecule has 0 amide bonds. The molecule has 0 saturated carbocycles. The third kappa shape index (κ3) is 4.14. The van der Waals surface area contributed by atoms with Crippen LogP contribution in [0.3, 0.4) is 0 Å². The van der Waals surface area contributed by atoms with Crippen LogP contribution in [-0.2, 0) is 0 Å². The molecule has 22 heavy (non-hydrogen) atoms. The van der Waals surface area contributed by atoms with E-state index in [2.05, 4.69) is 4.74 Å². The van der Waals surface area contributed by atoms with E-state index in [1.165, 1.54) is 12.1 Å². The Morgan fingerprint density at radius 2 is 1.77 bits per heavy atom. The Labute approximate surface area is 126 Å². The average molecular weight is 311 g/mol. The maximum Gasteiger partial charge on any atom is 0.573 e. The molecule has 118 valence electrons. The van der Waals surface area contributed by atoms with Gasteiger partial charge in [0.2, 0.25) is 0 Å². The van der Waals surface area contributed by atoms with Crippen molar-refractivity contribution in [3.63, 3.8) is 0 Å². The number of aryl methyl sites for hydroxylation is 1. The van der Waals surface area contributed by atoms with E-state index in [1.807, 2.05) is 6.92 Å². The van der Waals surface area contributed by atoms with Gasteiger partial charge in [-0.05, 0) is 36.2 Å². The molecular formula is C16H16F3NO2. The van der Waals surface area contributed by atoms with Crippen LogP contribution in [0.4, 0.5) is 13.2 Å². The Hall–Kier alpha value is -2.21. The van der Waals surface area contributed by atoms with Crippen molar-refractivity contribution in [2.75, 3.05) is 13.2 Å². The molecule has 0 spiro atoms. The summed E-state index contributed by atoms with van der Waals surface area (Å²) in [4.78, 5) is 0. The molecule has 0 heterocycles. The van der Waals surface area contributed by atoms with Crippen LogP contribution < -0.4 is 15.2 Å². The summed E-state index contributed by atoms with van der Waals surface area (Å²) >= 11 is 0. The molecular weight excluding hydrogens is 295 g/mol. The predicted molar refractivity (Wildman–Crippen MR) is 77.8 cm³/mol. The third-order valence-corrected chi connectivity index (χ3v) is 2.97. The van der Waals surface area contributed by atoms with Crippen molar-refractivity contribution in [3.8, 4) is 22.6 Å². The number of para-hydroxylation sites is 1. The van der Waals surface area contributed by atoms with Crippen LogP contribution in [0.15, 0.2) is 42.5 Å². The summed E-state index contributed by atoms with van der Waals surface area (Å²) in [6.07, 6.45) is -4.73. The molecule has 0 aliphatic heterocycles. The first kappa shape index (κ1) is 16.2. The van der Waals surface area contributed by atoms with Crippen LogP contribution in [0.25, 0.3) is 11.1 Å². The lowest BCUT2D eigenvalue weighted by atomic mass is 10.0. The van der Waals surface area contributed by atoms with E-state index in [0.717, 1.165) is 5.56 Å². The number of hydrogen-bond donors (Lipinski definition) is 1. The van der Waals surface area contributed by atoms with Gasteiger partial charge in [0.1, 0.15) is 18.1 Å². The lowest BCUT2D eigenvalue weighted by Gasteiger charge is -2.14. The standard InChI is InChI=1S/C16H16F3NO2/c1-11-10-12(6-7-14(11)21-9-8-20)13-4-2-3-5-15(13)22-16(17,18)19/h2-7,10H,8-9,20H2,1H3. The minimum Gasteiger partial charge on any atom is -0.492 e. The Bertz CT molecular complexity index is 642. The first-order chi connectivity index (χ1) is 10.4. The third-order valence-electron chi connectivity index (χ3n) is 2.97. The lowest BCUT2D eigenvalue weighted by Crippen LogP contribution is -2.17. The van der Waals surface area contributed by atoms with Gasteiger partial charge in [-0.25, -0.2) is 0 Å². The van der Waals surface area contributed by atoms with Gasteiger partial charge in [-0.1, -0.05) is 24.3 Å². The highest BCUT2D eigenvalue weighted by Gasteiger charge is 2.32. The summed E-state index contributed by atoms with van der Waals surface area (Å²) in [6.45, 7) is 2.60. The summed E-state index contributed by atoms with van der Waals surface area (Å²) in [5.74, 6) is 0.424. The number of rotatable bonds is 5. The molecule has 0 saturated heterocycles. The molecule has 2 aromatic carbocycles. The van der Waals surface area contributed by atoms with Crippen molar-refractivity contribution >= 4 is 0 Å². The van der Waals surface area contributed by atoms with Gasteiger partial charge in [0, 0.05) is 12.1 Å². The van der Waals surface area contributed by atoms with Crippen molar-refractivity contribution < 1.29 is 22.6 Å². The van der Waals surface area contributed by atoms with Crippen LogP contribution in [0.5, 0.6) is 11.5 Å². The highest BCUT2D eigenvalue weighted by Crippen LogP contribution is 2.35. The van der Waals surface area contributed by atoms with Gasteiger partial charge in [0.15, 0.2) is 0 Å². The van der Waals surface area contributed by atoms with Crippen molar-refractivity contribution in [2.24, 2.45) is 5.73 Å². The van der Waals surface area contributed by atoms with Crippen molar-refractivity contribution in [3.05, 3.63) is 48.0 Å². The van der Waals surface area contributed by atoms with Crippen LogP contribution in [-0.4, -0.2) is 19.5 Å². The number of nitrogens with two attached hydrogens (primary N) is 1. The van der Waals surface area contributed by atoms with E-state index < -0.39 is 6.36 Å². The van der Waals surface area contributed by atoms with Crippen molar-refractivity contribution in [1.82, 2.24) is 0 Å². The van der Waals surface area contributed by atoms with E-state index >= 15 is 0 Å². The first-order valence-corrected chi connectivity index (χ1v) is 6.69. The fourth-order valence-corrected chi connectivity index (χ4v) is 2.07. The van der Waals surface area contributed by atoms with Gasteiger partial charge in [-0.15, -0.1) is 13.2 Å². The number of halogens is 3. The topological polar surface area (TPSA) is 44.5 Å². The van der Waals surface area contributed by atoms with Crippen molar-refractivity contribution in [2.45, 2.75) is 13.3 Å². The van der Waals surface area contributed by atoms with Crippen LogP contribution in [0, 0.1) is 6.92 Å². The Morgan fingerprint density at radius 3 is 2.41 bits per heavy atom. The molecule has 2 rings (SSSR count). The van der Waals surface area contributed by atoms with Gasteiger partial charge in [-0.3, -0.25) is 0 Å². The number of hydrogen-bond acceptors (Lipinski definition) is 3. The van der Waals surface area contributed by atoms with Crippen LogP contribution >= 0.6 is 0 Å². The molecule has 0 aliphatic carbocycles. The largest absolute Gasteiger partial charge is 0.573 e. The fraction of sp³-hybridized carbons (Fsp3) is 0.250. The quantitative estimate of drug-likeness (QED) is 0.911. The second kappa shape index (κ2) is 6.70. The molecule has 0 atom stereocenters. The summed E-state index contributed by atoms with van der Waals surface area (Å²) in [5.41, 5.74) is 7.18. The fourth-order valence-electron chi connectivity index (χ4n) is 2.07. The predicted octanol–water partition coefficient (Wildman–Crippen LogP) is 3.90. The van der Waals surface area contributed by atoms with Crippen molar-refractivity contribution in [1.29, 1.82) is 0 Å². The van der Waals surface area contributed by atoms with Gasteiger partial charge >= 0.3 is 6.36 Å². The summed E-state index contributed by atoms with van der Waals surface area (Å²) < 4.78 is 46.9. The summed E-state index contributed by atoms with van der Waals surface area (Å²) in [6, 6.07) is 11.2. The molecule has 0 fully saturated rings. The number of ether oxygens (including phenoxy) is 2. The second-order valence-corrected chi connectivity index (χ2v) is 4.66.